The Morgan fingerprint density at radius 2 is 2.06 bits per heavy atom. The van der Waals surface area contributed by atoms with Gasteiger partial charge in [0.15, 0.2) is 5.96 Å². The number of ether oxygens (including phenoxy) is 2. The van der Waals surface area contributed by atoms with Crippen molar-refractivity contribution in [1.82, 2.24) is 15.5 Å². The average molecular weight is 431 g/mol. The molecule has 0 aromatic heterocycles. The van der Waals surface area contributed by atoms with E-state index in [0.29, 0.717) is 0 Å². The number of likely N-dealkylation sites (tertiary alicyclic amines) is 1. The molecule has 0 amide bonds. The number of guanidine groups is 1. The Balaban J connectivity index is 1.57. The van der Waals surface area contributed by atoms with E-state index in [2.05, 4.69) is 52.6 Å². The molecule has 1 aromatic rings. The van der Waals surface area contributed by atoms with Crippen LogP contribution in [0.2, 0.25) is 0 Å². The maximum atomic E-state index is 5.74. The number of methoxy groups -OCH3 is 1. The summed E-state index contributed by atoms with van der Waals surface area (Å²) in [5, 5.41) is 7.13. The van der Waals surface area contributed by atoms with Crippen LogP contribution in [0.25, 0.3) is 0 Å². The standard InChI is InChI=1S/C25H42N4O2/c1-20-9-10-23(30-4)22(18-20)25(11-16-31-17-12-25)19-28-24(26-3)27-13-7-15-29-14-6-5-8-21(29)2/h9-10,18,21H,5-8,11-17,19H2,1-4H3,(H2,26,27,28). The number of aryl methyl sites for hydroxylation is 1. The highest BCUT2D eigenvalue weighted by Crippen LogP contribution is 2.40. The van der Waals surface area contributed by atoms with Crippen LogP contribution >= 0.6 is 0 Å². The molecule has 0 radical (unpaired) electrons. The van der Waals surface area contributed by atoms with Gasteiger partial charge >= 0.3 is 0 Å². The molecule has 1 atom stereocenters. The Hall–Kier alpha value is -1.79. The molecular weight excluding hydrogens is 388 g/mol. The monoisotopic (exact) mass is 430 g/mol. The van der Waals surface area contributed by atoms with E-state index in [1.165, 1.54) is 36.9 Å². The molecule has 0 bridgehead atoms. The Kier molecular flexibility index (Phi) is 9.02. The minimum atomic E-state index is -0.0174. The van der Waals surface area contributed by atoms with Gasteiger partial charge in [-0.05, 0) is 58.6 Å². The molecule has 2 fully saturated rings. The number of hydrogen-bond acceptors (Lipinski definition) is 4. The third kappa shape index (κ3) is 6.36. The molecule has 1 aromatic carbocycles. The predicted molar refractivity (Wildman–Crippen MR) is 128 cm³/mol. The fourth-order valence-corrected chi connectivity index (χ4v) is 4.99. The van der Waals surface area contributed by atoms with Crippen LogP contribution in [0.3, 0.4) is 0 Å². The summed E-state index contributed by atoms with van der Waals surface area (Å²) in [6, 6.07) is 7.22. The number of nitrogens with zero attached hydrogens (tertiary/aromatic N) is 2. The normalized spacial score (nSPS) is 22.2. The Morgan fingerprint density at radius 3 is 2.77 bits per heavy atom. The zero-order valence-electron chi connectivity index (χ0n) is 20.0. The molecule has 2 heterocycles. The number of piperidine rings is 1. The van der Waals surface area contributed by atoms with Crippen molar-refractivity contribution in [1.29, 1.82) is 0 Å². The van der Waals surface area contributed by atoms with Crippen molar-refractivity contribution in [3.05, 3.63) is 29.3 Å². The summed E-state index contributed by atoms with van der Waals surface area (Å²) < 4.78 is 11.4. The highest BCUT2D eigenvalue weighted by Gasteiger charge is 2.37. The third-order valence-corrected chi connectivity index (χ3v) is 7.05. The van der Waals surface area contributed by atoms with Gasteiger partial charge in [-0.15, -0.1) is 0 Å². The highest BCUT2D eigenvalue weighted by atomic mass is 16.5. The summed E-state index contributed by atoms with van der Waals surface area (Å²) in [5.41, 5.74) is 2.52. The first-order valence-corrected chi connectivity index (χ1v) is 12.0. The van der Waals surface area contributed by atoms with Crippen LogP contribution in [-0.2, 0) is 10.2 Å². The lowest BCUT2D eigenvalue weighted by molar-refractivity contribution is 0.0505. The summed E-state index contributed by atoms with van der Waals surface area (Å²) >= 11 is 0. The maximum absolute atomic E-state index is 5.74. The zero-order chi connectivity index (χ0) is 22.1. The van der Waals surface area contributed by atoms with Gasteiger partial charge in [0.1, 0.15) is 5.75 Å². The van der Waals surface area contributed by atoms with E-state index in [1.54, 1.807) is 7.11 Å². The largest absolute Gasteiger partial charge is 0.496 e. The Morgan fingerprint density at radius 1 is 1.26 bits per heavy atom. The molecule has 2 saturated heterocycles. The number of rotatable bonds is 8. The number of nitrogens with one attached hydrogen (secondary N) is 2. The summed E-state index contributed by atoms with van der Waals surface area (Å²) in [5.74, 6) is 1.84. The van der Waals surface area contributed by atoms with Crippen molar-refractivity contribution in [3.63, 3.8) is 0 Å². The summed E-state index contributed by atoms with van der Waals surface area (Å²) in [6.07, 6.45) is 7.15. The van der Waals surface area contributed by atoms with Gasteiger partial charge in [-0.1, -0.05) is 24.1 Å². The first-order chi connectivity index (χ1) is 15.1. The van der Waals surface area contributed by atoms with Crippen LogP contribution in [0, 0.1) is 6.92 Å². The van der Waals surface area contributed by atoms with E-state index in [0.717, 1.165) is 69.9 Å². The van der Waals surface area contributed by atoms with Gasteiger partial charge in [-0.25, -0.2) is 0 Å². The fourth-order valence-electron chi connectivity index (χ4n) is 4.99. The van der Waals surface area contributed by atoms with E-state index < -0.39 is 0 Å². The molecule has 6 heteroatoms. The van der Waals surface area contributed by atoms with Crippen molar-refractivity contribution in [2.24, 2.45) is 4.99 Å². The molecule has 2 aliphatic heterocycles. The van der Waals surface area contributed by atoms with Crippen LogP contribution in [-0.4, -0.2) is 70.5 Å². The fraction of sp³-hybridized carbons (Fsp3) is 0.720. The van der Waals surface area contributed by atoms with Crippen LogP contribution in [0.1, 0.15) is 56.6 Å². The highest BCUT2D eigenvalue weighted by molar-refractivity contribution is 5.79. The van der Waals surface area contributed by atoms with Gasteiger partial charge in [0, 0.05) is 56.9 Å². The van der Waals surface area contributed by atoms with E-state index >= 15 is 0 Å². The van der Waals surface area contributed by atoms with E-state index in [-0.39, 0.29) is 5.41 Å². The van der Waals surface area contributed by atoms with Crippen molar-refractivity contribution >= 4 is 5.96 Å². The van der Waals surface area contributed by atoms with Gasteiger partial charge in [0.2, 0.25) is 0 Å². The molecule has 174 valence electrons. The number of benzene rings is 1. The summed E-state index contributed by atoms with van der Waals surface area (Å²) in [7, 11) is 3.62. The predicted octanol–water partition coefficient (Wildman–Crippen LogP) is 3.48. The minimum Gasteiger partial charge on any atom is -0.496 e. The maximum Gasteiger partial charge on any atom is 0.191 e. The van der Waals surface area contributed by atoms with E-state index in [4.69, 9.17) is 9.47 Å². The van der Waals surface area contributed by atoms with Gasteiger partial charge in [-0.3, -0.25) is 4.99 Å². The average Bonchev–Trinajstić information content (AvgIpc) is 2.80. The van der Waals surface area contributed by atoms with Crippen LogP contribution in [0.15, 0.2) is 23.2 Å². The zero-order valence-corrected chi connectivity index (χ0v) is 20.0. The van der Waals surface area contributed by atoms with Crippen LogP contribution < -0.4 is 15.4 Å². The Bertz CT molecular complexity index is 715. The Labute approximate surface area is 188 Å². The van der Waals surface area contributed by atoms with Gasteiger partial charge in [0.05, 0.1) is 7.11 Å². The second kappa shape index (κ2) is 11.7. The minimum absolute atomic E-state index is 0.0174. The first kappa shape index (κ1) is 23.9. The lowest BCUT2D eigenvalue weighted by Crippen LogP contribution is -2.48. The first-order valence-electron chi connectivity index (χ1n) is 12.0. The van der Waals surface area contributed by atoms with E-state index in [1.807, 2.05) is 7.05 Å². The second-order valence-electron chi connectivity index (χ2n) is 9.18. The molecule has 0 spiro atoms. The number of aliphatic imine (C=N–C) groups is 1. The number of hydrogen-bond donors (Lipinski definition) is 2. The van der Waals surface area contributed by atoms with Crippen molar-refractivity contribution in [3.8, 4) is 5.75 Å². The topological polar surface area (TPSA) is 58.1 Å². The summed E-state index contributed by atoms with van der Waals surface area (Å²) in [6.45, 7) is 10.2. The van der Waals surface area contributed by atoms with Crippen molar-refractivity contribution in [2.75, 3.05) is 53.6 Å². The SMILES string of the molecule is CN=C(NCCCN1CCCCC1C)NCC1(c2cc(C)ccc2OC)CCOCC1. The summed E-state index contributed by atoms with van der Waals surface area (Å²) in [4.78, 5) is 7.10. The van der Waals surface area contributed by atoms with Gasteiger partial charge in [-0.2, -0.15) is 0 Å². The molecule has 2 aliphatic rings. The molecule has 2 N–H and O–H groups in total. The van der Waals surface area contributed by atoms with E-state index in [9.17, 15) is 0 Å². The third-order valence-electron chi connectivity index (χ3n) is 7.05. The molecule has 0 aliphatic carbocycles. The van der Waals surface area contributed by atoms with Crippen LogP contribution in [0.4, 0.5) is 0 Å². The van der Waals surface area contributed by atoms with Crippen molar-refractivity contribution in [2.45, 2.75) is 63.8 Å². The van der Waals surface area contributed by atoms with Gasteiger partial charge in [0.25, 0.3) is 0 Å². The smallest absolute Gasteiger partial charge is 0.191 e. The molecule has 31 heavy (non-hydrogen) atoms. The lowest BCUT2D eigenvalue weighted by Gasteiger charge is -2.39. The molecule has 0 saturated carbocycles. The quantitative estimate of drug-likeness (QED) is 0.376. The van der Waals surface area contributed by atoms with Crippen molar-refractivity contribution < 1.29 is 9.47 Å². The molecule has 1 unspecified atom stereocenters. The lowest BCUT2D eigenvalue weighted by atomic mass is 9.73. The molecule has 6 nitrogen and oxygen atoms in total. The van der Waals surface area contributed by atoms with Crippen LogP contribution in [0.5, 0.6) is 5.75 Å². The second-order valence-corrected chi connectivity index (χ2v) is 9.18. The van der Waals surface area contributed by atoms with Gasteiger partial charge < -0.3 is 25.0 Å². The molecular formula is C25H42N4O2. The molecule has 3 rings (SSSR count).